The van der Waals surface area contributed by atoms with Crippen molar-refractivity contribution in [2.24, 2.45) is 0 Å². The summed E-state index contributed by atoms with van der Waals surface area (Å²) in [5, 5.41) is 12.6. The van der Waals surface area contributed by atoms with Crippen molar-refractivity contribution < 1.29 is 9.90 Å². The van der Waals surface area contributed by atoms with Gasteiger partial charge in [-0.2, -0.15) is 0 Å². The predicted octanol–water partition coefficient (Wildman–Crippen LogP) is 0.885. The number of amides is 1. The van der Waals surface area contributed by atoms with E-state index in [4.69, 9.17) is 0 Å². The first-order valence-electron chi connectivity index (χ1n) is 5.91. The maximum atomic E-state index is 12.0. The Hall–Kier alpha value is -1.55. The third-order valence-corrected chi connectivity index (χ3v) is 3.30. The lowest BCUT2D eigenvalue weighted by Gasteiger charge is -2.28. The van der Waals surface area contributed by atoms with Crippen LogP contribution in [0.4, 0.5) is 0 Å². The number of likely N-dealkylation sites (N-methyl/N-ethyl adjacent to an activating group) is 1. The summed E-state index contributed by atoms with van der Waals surface area (Å²) in [6.07, 6.45) is 0.693. The molecule has 0 saturated heterocycles. The molecule has 1 amide bonds. The number of fused-ring (bicyclic) bond motifs is 1. The molecular formula is C13H18N2O2. The van der Waals surface area contributed by atoms with E-state index in [1.54, 1.807) is 17.0 Å². The third-order valence-electron chi connectivity index (χ3n) is 3.30. The second-order valence-electron chi connectivity index (χ2n) is 4.44. The van der Waals surface area contributed by atoms with Crippen LogP contribution in [0.25, 0.3) is 0 Å². The van der Waals surface area contributed by atoms with Crippen LogP contribution in [0.1, 0.15) is 18.1 Å². The summed E-state index contributed by atoms with van der Waals surface area (Å²) in [5.41, 5.74) is 2.22. The summed E-state index contributed by atoms with van der Waals surface area (Å²) in [4.78, 5) is 13.7. The van der Waals surface area contributed by atoms with Crippen molar-refractivity contribution in [3.63, 3.8) is 0 Å². The molecule has 0 radical (unpaired) electrons. The normalized spacial score (nSPS) is 18.6. The molecule has 2 rings (SSSR count). The lowest BCUT2D eigenvalue weighted by molar-refractivity contribution is -0.132. The number of carbonyl (C=O) groups excluding carboxylic acids is 1. The molecule has 0 aliphatic carbocycles. The Kier molecular flexibility index (Phi) is 3.33. The summed E-state index contributed by atoms with van der Waals surface area (Å²) >= 11 is 0. The molecule has 1 atom stereocenters. The average Bonchev–Trinajstić information content (AvgIpc) is 2.36. The summed E-state index contributed by atoms with van der Waals surface area (Å²) in [7, 11) is 1.82. The second-order valence-corrected chi connectivity index (χ2v) is 4.44. The molecule has 1 aliphatic heterocycles. The highest BCUT2D eigenvalue weighted by atomic mass is 16.3. The second kappa shape index (κ2) is 4.75. The Labute approximate surface area is 101 Å². The van der Waals surface area contributed by atoms with Gasteiger partial charge in [0.1, 0.15) is 5.75 Å². The van der Waals surface area contributed by atoms with Crippen molar-refractivity contribution in [1.29, 1.82) is 0 Å². The third kappa shape index (κ3) is 2.42. The molecule has 1 aromatic rings. The first-order chi connectivity index (χ1) is 8.11. The van der Waals surface area contributed by atoms with Crippen molar-refractivity contribution in [1.82, 2.24) is 10.2 Å². The van der Waals surface area contributed by atoms with E-state index in [9.17, 15) is 9.90 Å². The number of nitrogens with one attached hydrogen (secondary N) is 1. The standard InChI is InChI=1S/C13H18N2O2/c1-3-15(2)13(17)12-7-9-4-5-11(16)6-10(9)8-14-12/h4-6,12,14,16H,3,7-8H2,1-2H3. The number of phenolic OH excluding ortho intramolecular Hbond substituents is 1. The first-order valence-corrected chi connectivity index (χ1v) is 5.91. The van der Waals surface area contributed by atoms with Gasteiger partial charge in [-0.1, -0.05) is 6.07 Å². The van der Waals surface area contributed by atoms with Crippen LogP contribution in [0.2, 0.25) is 0 Å². The van der Waals surface area contributed by atoms with Gasteiger partial charge in [-0.3, -0.25) is 4.79 Å². The number of hydrogen-bond acceptors (Lipinski definition) is 3. The molecule has 1 heterocycles. The Morgan fingerprint density at radius 1 is 1.53 bits per heavy atom. The molecule has 4 heteroatoms. The Bertz CT molecular complexity index is 431. The lowest BCUT2D eigenvalue weighted by Crippen LogP contribution is -2.48. The average molecular weight is 234 g/mol. The van der Waals surface area contributed by atoms with Gasteiger partial charge in [0.25, 0.3) is 0 Å². The minimum atomic E-state index is -0.142. The predicted molar refractivity (Wildman–Crippen MR) is 65.7 cm³/mol. The van der Waals surface area contributed by atoms with Gasteiger partial charge in [-0.15, -0.1) is 0 Å². The number of rotatable bonds is 2. The first kappa shape index (κ1) is 11.9. The van der Waals surface area contributed by atoms with Gasteiger partial charge in [0, 0.05) is 20.1 Å². The van der Waals surface area contributed by atoms with Gasteiger partial charge < -0.3 is 15.3 Å². The zero-order valence-corrected chi connectivity index (χ0v) is 10.2. The van der Waals surface area contributed by atoms with Crippen molar-refractivity contribution >= 4 is 5.91 Å². The zero-order chi connectivity index (χ0) is 12.4. The molecule has 1 aromatic carbocycles. The molecule has 1 aliphatic rings. The van der Waals surface area contributed by atoms with E-state index in [-0.39, 0.29) is 17.7 Å². The smallest absolute Gasteiger partial charge is 0.239 e. The Morgan fingerprint density at radius 3 is 3.00 bits per heavy atom. The number of phenols is 1. The molecule has 0 spiro atoms. The Morgan fingerprint density at radius 2 is 2.29 bits per heavy atom. The molecule has 4 nitrogen and oxygen atoms in total. The maximum Gasteiger partial charge on any atom is 0.239 e. The van der Waals surface area contributed by atoms with Gasteiger partial charge in [0.15, 0.2) is 0 Å². The highest BCUT2D eigenvalue weighted by Gasteiger charge is 2.25. The Balaban J connectivity index is 2.13. The number of carbonyl (C=O) groups is 1. The van der Waals surface area contributed by atoms with Crippen molar-refractivity contribution in [3.8, 4) is 5.75 Å². The van der Waals surface area contributed by atoms with E-state index in [1.807, 2.05) is 20.0 Å². The van der Waals surface area contributed by atoms with E-state index >= 15 is 0 Å². The fourth-order valence-electron chi connectivity index (χ4n) is 2.10. The topological polar surface area (TPSA) is 52.6 Å². The van der Waals surface area contributed by atoms with Crippen LogP contribution in [0.5, 0.6) is 5.75 Å². The summed E-state index contributed by atoms with van der Waals surface area (Å²) in [6.45, 7) is 3.32. The molecule has 0 aromatic heterocycles. The molecular weight excluding hydrogens is 216 g/mol. The van der Waals surface area contributed by atoms with Crippen LogP contribution < -0.4 is 5.32 Å². The fourth-order valence-corrected chi connectivity index (χ4v) is 2.10. The van der Waals surface area contributed by atoms with Crippen molar-refractivity contribution in [3.05, 3.63) is 29.3 Å². The highest BCUT2D eigenvalue weighted by Crippen LogP contribution is 2.21. The molecule has 0 fully saturated rings. The lowest BCUT2D eigenvalue weighted by atomic mass is 9.95. The van der Waals surface area contributed by atoms with Crippen molar-refractivity contribution in [2.75, 3.05) is 13.6 Å². The van der Waals surface area contributed by atoms with E-state index in [0.29, 0.717) is 13.0 Å². The van der Waals surface area contributed by atoms with Crippen LogP contribution in [0.3, 0.4) is 0 Å². The summed E-state index contributed by atoms with van der Waals surface area (Å²) in [6, 6.07) is 5.19. The molecule has 1 unspecified atom stereocenters. The van der Waals surface area contributed by atoms with Gasteiger partial charge in [-0.25, -0.2) is 0 Å². The van der Waals surface area contributed by atoms with Gasteiger partial charge in [0.05, 0.1) is 6.04 Å². The van der Waals surface area contributed by atoms with E-state index in [2.05, 4.69) is 5.32 Å². The molecule has 0 saturated carbocycles. The minimum Gasteiger partial charge on any atom is -0.508 e. The maximum absolute atomic E-state index is 12.0. The van der Waals surface area contributed by atoms with E-state index in [1.165, 1.54) is 0 Å². The van der Waals surface area contributed by atoms with E-state index < -0.39 is 0 Å². The fraction of sp³-hybridized carbons (Fsp3) is 0.462. The van der Waals surface area contributed by atoms with Gasteiger partial charge in [0.2, 0.25) is 5.91 Å². The number of nitrogens with zero attached hydrogens (tertiary/aromatic N) is 1. The molecule has 92 valence electrons. The summed E-state index contributed by atoms with van der Waals surface area (Å²) in [5.74, 6) is 0.409. The molecule has 17 heavy (non-hydrogen) atoms. The number of hydrogen-bond donors (Lipinski definition) is 2. The monoisotopic (exact) mass is 234 g/mol. The largest absolute Gasteiger partial charge is 0.508 e. The zero-order valence-electron chi connectivity index (χ0n) is 10.2. The van der Waals surface area contributed by atoms with Crippen LogP contribution in [0.15, 0.2) is 18.2 Å². The van der Waals surface area contributed by atoms with Crippen LogP contribution in [0, 0.1) is 0 Å². The van der Waals surface area contributed by atoms with Crippen LogP contribution in [-0.2, 0) is 17.8 Å². The highest BCUT2D eigenvalue weighted by molar-refractivity contribution is 5.82. The molecule has 2 N–H and O–H groups in total. The summed E-state index contributed by atoms with van der Waals surface area (Å²) < 4.78 is 0. The number of aromatic hydroxyl groups is 1. The number of benzene rings is 1. The van der Waals surface area contributed by atoms with E-state index in [0.717, 1.165) is 17.7 Å². The van der Waals surface area contributed by atoms with Crippen LogP contribution >= 0.6 is 0 Å². The minimum absolute atomic E-state index is 0.131. The molecule has 0 bridgehead atoms. The van der Waals surface area contributed by atoms with Crippen molar-refractivity contribution in [2.45, 2.75) is 25.9 Å². The quantitative estimate of drug-likeness (QED) is 0.799. The van der Waals surface area contributed by atoms with Crippen LogP contribution in [-0.4, -0.2) is 35.5 Å². The SMILES string of the molecule is CCN(C)C(=O)C1Cc2ccc(O)cc2CN1. The van der Waals surface area contributed by atoms with Gasteiger partial charge in [-0.05, 0) is 36.6 Å². The van der Waals surface area contributed by atoms with Gasteiger partial charge >= 0.3 is 0 Å².